The Morgan fingerprint density at radius 2 is 2.05 bits per heavy atom. The van der Waals surface area contributed by atoms with Crippen molar-refractivity contribution in [3.05, 3.63) is 0 Å². The van der Waals surface area contributed by atoms with E-state index in [0.29, 0.717) is 11.8 Å². The van der Waals surface area contributed by atoms with E-state index in [4.69, 9.17) is 10.5 Å². The van der Waals surface area contributed by atoms with E-state index >= 15 is 0 Å². The van der Waals surface area contributed by atoms with Gasteiger partial charge >= 0.3 is 6.01 Å². The second-order valence-corrected chi connectivity index (χ2v) is 5.71. The third-order valence-electron chi connectivity index (χ3n) is 1.84. The molecule has 2 aromatic heterocycles. The van der Waals surface area contributed by atoms with E-state index in [0.717, 1.165) is 9.47 Å². The summed E-state index contributed by atoms with van der Waals surface area (Å²) in [6, 6.07) is 0.217. The lowest BCUT2D eigenvalue weighted by Crippen LogP contribution is -2.07. The van der Waals surface area contributed by atoms with Crippen LogP contribution >= 0.6 is 23.1 Å². The van der Waals surface area contributed by atoms with Gasteiger partial charge in [-0.3, -0.25) is 0 Å². The molecule has 19 heavy (non-hydrogen) atoms. The Morgan fingerprint density at radius 1 is 1.26 bits per heavy atom. The van der Waals surface area contributed by atoms with Crippen LogP contribution in [0.25, 0.3) is 0 Å². The molecule has 0 bridgehead atoms. The summed E-state index contributed by atoms with van der Waals surface area (Å²) in [5.74, 6) is 0.123. The third kappa shape index (κ3) is 3.64. The molecule has 0 fully saturated rings. The quantitative estimate of drug-likeness (QED) is 0.863. The van der Waals surface area contributed by atoms with Crippen LogP contribution in [0.3, 0.4) is 0 Å². The van der Waals surface area contributed by atoms with Crippen LogP contribution in [0.4, 0.5) is 11.1 Å². The van der Waals surface area contributed by atoms with Gasteiger partial charge in [0.2, 0.25) is 16.2 Å². The highest BCUT2D eigenvalue weighted by Crippen LogP contribution is 2.31. The zero-order valence-electron chi connectivity index (χ0n) is 10.7. The van der Waals surface area contributed by atoms with Crippen molar-refractivity contribution in [1.82, 2.24) is 25.1 Å². The molecule has 10 heteroatoms. The number of nitrogens with two attached hydrogens (primary N) is 1. The number of ether oxygens (including phenoxy) is 1. The van der Waals surface area contributed by atoms with Crippen LogP contribution in [-0.2, 0) is 0 Å². The van der Waals surface area contributed by atoms with Gasteiger partial charge < -0.3 is 15.4 Å². The lowest BCUT2D eigenvalue weighted by molar-refractivity contribution is 0.308. The molecule has 0 atom stereocenters. The first-order chi connectivity index (χ1) is 9.08. The molecule has 0 spiro atoms. The molecular formula is C9H13N7OS2. The van der Waals surface area contributed by atoms with E-state index in [2.05, 4.69) is 25.1 Å². The van der Waals surface area contributed by atoms with Crippen molar-refractivity contribution < 1.29 is 4.74 Å². The molecule has 0 radical (unpaired) electrons. The number of nitrogens with zero attached hydrogens (tertiary/aromatic N) is 6. The molecule has 0 amide bonds. The lowest BCUT2D eigenvalue weighted by atomic mass is 10.8. The molecule has 0 aromatic carbocycles. The molecule has 0 aliphatic carbocycles. The van der Waals surface area contributed by atoms with Crippen LogP contribution in [-0.4, -0.2) is 45.9 Å². The fourth-order valence-electron chi connectivity index (χ4n) is 1.09. The highest BCUT2D eigenvalue weighted by Gasteiger charge is 2.11. The Balaban J connectivity index is 2.17. The topological polar surface area (TPSA) is 103 Å². The van der Waals surface area contributed by atoms with Gasteiger partial charge in [0.15, 0.2) is 4.34 Å². The molecule has 2 rings (SSSR count). The van der Waals surface area contributed by atoms with Gasteiger partial charge in [-0.1, -0.05) is 11.3 Å². The summed E-state index contributed by atoms with van der Waals surface area (Å²) in [6.07, 6.45) is 0. The summed E-state index contributed by atoms with van der Waals surface area (Å²) in [7, 11) is 3.81. The molecule has 8 nitrogen and oxygen atoms in total. The standard InChI is InChI=1S/C9H13N7OS2/c1-4-17-6-11-5(10)12-7(13-6)18-9-15-14-8(19-9)16(2)3/h4H2,1-3H3,(H2,10,11,12,13). The Hall–Kier alpha value is -1.68. The Bertz CT molecular complexity index is 559. The maximum Gasteiger partial charge on any atom is 0.322 e. The minimum atomic E-state index is 0.123. The van der Waals surface area contributed by atoms with Crippen LogP contribution in [0.5, 0.6) is 6.01 Å². The summed E-state index contributed by atoms with van der Waals surface area (Å²) in [4.78, 5) is 13.9. The van der Waals surface area contributed by atoms with Gasteiger partial charge in [-0.15, -0.1) is 10.2 Å². The van der Waals surface area contributed by atoms with E-state index < -0.39 is 0 Å². The SMILES string of the molecule is CCOc1nc(N)nc(Sc2nnc(N(C)C)s2)n1. The molecule has 102 valence electrons. The van der Waals surface area contributed by atoms with Gasteiger partial charge in [0, 0.05) is 14.1 Å². The van der Waals surface area contributed by atoms with Crippen LogP contribution in [0.15, 0.2) is 9.50 Å². The maximum atomic E-state index is 5.60. The molecule has 2 N–H and O–H groups in total. The predicted molar refractivity (Wildman–Crippen MR) is 73.8 cm³/mol. The van der Waals surface area contributed by atoms with Crippen LogP contribution in [0.1, 0.15) is 6.92 Å². The van der Waals surface area contributed by atoms with E-state index in [1.807, 2.05) is 25.9 Å². The van der Waals surface area contributed by atoms with Gasteiger partial charge in [0.05, 0.1) is 6.61 Å². The zero-order chi connectivity index (χ0) is 13.8. The van der Waals surface area contributed by atoms with Crippen LogP contribution < -0.4 is 15.4 Å². The van der Waals surface area contributed by atoms with Crippen molar-refractivity contribution in [2.24, 2.45) is 0 Å². The van der Waals surface area contributed by atoms with Crippen molar-refractivity contribution in [1.29, 1.82) is 0 Å². The Morgan fingerprint density at radius 3 is 2.68 bits per heavy atom. The number of rotatable bonds is 5. The van der Waals surface area contributed by atoms with Gasteiger partial charge in [0.25, 0.3) is 0 Å². The van der Waals surface area contributed by atoms with Crippen molar-refractivity contribution >= 4 is 34.2 Å². The first-order valence-electron chi connectivity index (χ1n) is 5.41. The smallest absolute Gasteiger partial charge is 0.322 e. The fourth-order valence-corrected chi connectivity index (χ4v) is 2.71. The minimum absolute atomic E-state index is 0.123. The first-order valence-corrected chi connectivity index (χ1v) is 7.04. The molecule has 2 heterocycles. The first kappa shape index (κ1) is 13.7. The van der Waals surface area contributed by atoms with Crippen molar-refractivity contribution in [3.63, 3.8) is 0 Å². The fraction of sp³-hybridized carbons (Fsp3) is 0.444. The number of nitrogen functional groups attached to an aromatic ring is 1. The van der Waals surface area contributed by atoms with Crippen LogP contribution in [0, 0.1) is 0 Å². The van der Waals surface area contributed by atoms with Crippen molar-refractivity contribution in [2.75, 3.05) is 31.3 Å². The number of hydrogen-bond donors (Lipinski definition) is 1. The largest absolute Gasteiger partial charge is 0.464 e. The highest BCUT2D eigenvalue weighted by atomic mass is 32.2. The van der Waals surface area contributed by atoms with E-state index in [9.17, 15) is 0 Å². The Labute approximate surface area is 118 Å². The van der Waals surface area contributed by atoms with E-state index in [-0.39, 0.29) is 12.0 Å². The molecule has 0 saturated carbocycles. The molecular weight excluding hydrogens is 286 g/mol. The van der Waals surface area contributed by atoms with E-state index in [1.165, 1.54) is 23.1 Å². The van der Waals surface area contributed by atoms with Gasteiger partial charge in [0.1, 0.15) is 0 Å². The number of hydrogen-bond acceptors (Lipinski definition) is 10. The highest BCUT2D eigenvalue weighted by molar-refractivity contribution is 8.00. The predicted octanol–water partition coefficient (Wildman–Crippen LogP) is 0.921. The number of anilines is 2. The second-order valence-electron chi connectivity index (χ2n) is 3.54. The maximum absolute atomic E-state index is 5.60. The average Bonchev–Trinajstić information content (AvgIpc) is 2.77. The molecule has 0 aliphatic heterocycles. The average molecular weight is 299 g/mol. The lowest BCUT2D eigenvalue weighted by Gasteiger charge is -2.04. The normalized spacial score (nSPS) is 10.5. The van der Waals surface area contributed by atoms with Crippen molar-refractivity contribution in [3.8, 4) is 6.01 Å². The van der Waals surface area contributed by atoms with Gasteiger partial charge in [-0.2, -0.15) is 15.0 Å². The van der Waals surface area contributed by atoms with E-state index in [1.54, 1.807) is 0 Å². The summed E-state index contributed by atoms with van der Waals surface area (Å²) >= 11 is 2.72. The molecule has 2 aromatic rings. The molecule has 0 unspecified atom stereocenters. The summed E-state index contributed by atoms with van der Waals surface area (Å²) in [5, 5.41) is 9.34. The third-order valence-corrected chi connectivity index (χ3v) is 3.85. The summed E-state index contributed by atoms with van der Waals surface area (Å²) in [6.45, 7) is 2.32. The molecule has 0 aliphatic rings. The zero-order valence-corrected chi connectivity index (χ0v) is 12.3. The van der Waals surface area contributed by atoms with Gasteiger partial charge in [-0.25, -0.2) is 0 Å². The number of aromatic nitrogens is 5. The van der Waals surface area contributed by atoms with Crippen LogP contribution in [0.2, 0.25) is 0 Å². The summed E-state index contributed by atoms with van der Waals surface area (Å²) < 4.78 is 5.95. The van der Waals surface area contributed by atoms with Gasteiger partial charge in [-0.05, 0) is 18.7 Å². The minimum Gasteiger partial charge on any atom is -0.464 e. The second kappa shape index (κ2) is 5.97. The monoisotopic (exact) mass is 299 g/mol. The Kier molecular flexibility index (Phi) is 4.32. The van der Waals surface area contributed by atoms with Crippen molar-refractivity contribution in [2.45, 2.75) is 16.4 Å². The molecule has 0 saturated heterocycles. The summed E-state index contributed by atoms with van der Waals surface area (Å²) in [5.41, 5.74) is 5.60.